The molecule has 2 aliphatic heterocycles. The third-order valence-corrected chi connectivity index (χ3v) is 4.33. The molecule has 3 atom stereocenters. The molecule has 2 saturated heterocycles. The fourth-order valence-corrected chi connectivity index (χ4v) is 3.39. The van der Waals surface area contributed by atoms with E-state index in [9.17, 15) is 9.36 Å². The first-order valence-electron chi connectivity index (χ1n) is 3.41. The van der Waals surface area contributed by atoms with Gasteiger partial charge in [-0.1, -0.05) is 0 Å². The number of aliphatic hydroxyl groups excluding tert-OH is 1. The molecular formula is C5H8NO4P. The second-order valence-corrected chi connectivity index (χ2v) is 4.90. The van der Waals surface area contributed by atoms with Crippen molar-refractivity contribution in [1.29, 1.82) is 0 Å². The van der Waals surface area contributed by atoms with Crippen molar-refractivity contribution in [3.8, 4) is 0 Å². The third-order valence-electron chi connectivity index (χ3n) is 1.87. The summed E-state index contributed by atoms with van der Waals surface area (Å²) >= 11 is 0. The third kappa shape index (κ3) is 0.788. The van der Waals surface area contributed by atoms with Crippen LogP contribution in [0.25, 0.3) is 0 Å². The number of hydrogen-bond donors (Lipinski definition) is 1. The quantitative estimate of drug-likeness (QED) is 0.476. The highest BCUT2D eigenvalue weighted by atomic mass is 31.2. The van der Waals surface area contributed by atoms with E-state index in [-0.39, 0.29) is 12.6 Å². The fourth-order valence-electron chi connectivity index (χ4n) is 1.25. The summed E-state index contributed by atoms with van der Waals surface area (Å²) in [4.78, 5) is 10.6. The van der Waals surface area contributed by atoms with E-state index in [2.05, 4.69) is 4.52 Å². The summed E-state index contributed by atoms with van der Waals surface area (Å²) in [7, 11) is -2.62. The molecule has 0 saturated carbocycles. The van der Waals surface area contributed by atoms with Gasteiger partial charge in [0.1, 0.15) is 0 Å². The number of carbonyl (C=O) groups excluding carboxylic acids is 1. The van der Waals surface area contributed by atoms with E-state index in [1.54, 1.807) is 0 Å². The largest absolute Gasteiger partial charge is 0.397 e. The lowest BCUT2D eigenvalue weighted by atomic mass is 10.4. The first kappa shape index (κ1) is 7.28. The van der Waals surface area contributed by atoms with Gasteiger partial charge in [0.05, 0.1) is 0 Å². The van der Waals surface area contributed by atoms with Crippen molar-refractivity contribution in [2.24, 2.45) is 0 Å². The molecule has 2 unspecified atom stereocenters. The van der Waals surface area contributed by atoms with Crippen molar-refractivity contribution in [3.63, 3.8) is 0 Å². The smallest absolute Gasteiger partial charge is 0.351 e. The zero-order chi connectivity index (χ0) is 8.06. The van der Waals surface area contributed by atoms with Crippen LogP contribution in [0, 0.1) is 0 Å². The van der Waals surface area contributed by atoms with Crippen LogP contribution in [0.15, 0.2) is 0 Å². The van der Waals surface area contributed by atoms with E-state index in [0.717, 1.165) is 0 Å². The summed E-state index contributed by atoms with van der Waals surface area (Å²) in [6, 6.07) is 0. The Labute approximate surface area is 63.4 Å². The molecule has 0 aromatic rings. The summed E-state index contributed by atoms with van der Waals surface area (Å²) < 4.78 is 17.2. The summed E-state index contributed by atoms with van der Waals surface area (Å²) in [6.45, 7) is 0.543. The molecule has 0 aromatic heterocycles. The normalized spacial score (nSPS) is 45.7. The summed E-state index contributed by atoms with van der Waals surface area (Å²) in [6.07, 6.45) is 0.539. The van der Waals surface area contributed by atoms with Gasteiger partial charge in [-0.15, -0.1) is 0 Å². The van der Waals surface area contributed by atoms with Crippen molar-refractivity contribution in [3.05, 3.63) is 0 Å². The average molecular weight is 177 g/mol. The predicted molar refractivity (Wildman–Crippen MR) is 35.9 cm³/mol. The Kier molecular flexibility index (Phi) is 1.36. The Balaban J connectivity index is 1.92. The number of carbonyl (C=O) groups is 1. The van der Waals surface area contributed by atoms with Crippen molar-refractivity contribution in [1.82, 2.24) is 4.67 Å². The van der Waals surface area contributed by atoms with Crippen LogP contribution >= 0.6 is 7.52 Å². The van der Waals surface area contributed by atoms with Crippen molar-refractivity contribution < 1.29 is 19.0 Å². The van der Waals surface area contributed by atoms with Crippen LogP contribution in [0.2, 0.25) is 0 Å². The van der Waals surface area contributed by atoms with Crippen LogP contribution in [-0.2, 0) is 13.9 Å². The van der Waals surface area contributed by atoms with Gasteiger partial charge in [-0.25, -0.2) is 4.79 Å². The molecule has 6 heteroatoms. The number of hydrogen-bond acceptors (Lipinski definition) is 4. The molecule has 62 valence electrons. The maximum absolute atomic E-state index is 11.2. The van der Waals surface area contributed by atoms with Gasteiger partial charge in [0.2, 0.25) is 5.78 Å². The first-order valence-corrected chi connectivity index (χ1v) is 5.06. The van der Waals surface area contributed by atoms with Gasteiger partial charge >= 0.3 is 13.5 Å². The van der Waals surface area contributed by atoms with Gasteiger partial charge in [-0.3, -0.25) is 4.57 Å². The molecule has 0 amide bonds. The fraction of sp³-hybridized carbons (Fsp3) is 0.800. The minimum atomic E-state index is -2.62. The van der Waals surface area contributed by atoms with Gasteiger partial charge in [-0.2, -0.15) is 4.67 Å². The molecule has 2 aliphatic rings. The maximum Gasteiger partial charge on any atom is 0.351 e. The molecule has 2 heterocycles. The minimum absolute atomic E-state index is 0.0530. The lowest BCUT2D eigenvalue weighted by Gasteiger charge is -2.04. The van der Waals surface area contributed by atoms with Crippen molar-refractivity contribution >= 4 is 13.5 Å². The summed E-state index contributed by atoms with van der Waals surface area (Å²) in [5.41, 5.74) is 0. The zero-order valence-electron chi connectivity index (χ0n) is 5.77. The number of rotatable bonds is 3. The highest BCUT2D eigenvalue weighted by Crippen LogP contribution is 2.80. The first-order chi connectivity index (χ1) is 5.20. The topological polar surface area (TPSA) is 66.6 Å². The molecule has 1 N–H and O–H groups in total. The maximum atomic E-state index is 11.2. The van der Waals surface area contributed by atoms with Crippen LogP contribution in [0.5, 0.6) is 0 Å². The monoisotopic (exact) mass is 177 g/mol. The number of fused-ring (bicyclic) bond motifs is 1. The van der Waals surface area contributed by atoms with E-state index >= 15 is 0 Å². The molecule has 2 fully saturated rings. The zero-order valence-corrected chi connectivity index (χ0v) is 6.66. The Morgan fingerprint density at radius 3 is 2.82 bits per heavy atom. The van der Waals surface area contributed by atoms with Gasteiger partial charge in [-0.05, 0) is 6.42 Å². The Morgan fingerprint density at radius 1 is 1.73 bits per heavy atom. The molecular weight excluding hydrogens is 169 g/mol. The molecule has 0 aliphatic carbocycles. The summed E-state index contributed by atoms with van der Waals surface area (Å²) in [5.74, 6) is -0.833. The van der Waals surface area contributed by atoms with Crippen molar-refractivity contribution in [2.45, 2.75) is 12.2 Å². The lowest BCUT2D eigenvalue weighted by Crippen LogP contribution is -2.17. The van der Waals surface area contributed by atoms with E-state index in [4.69, 9.17) is 5.11 Å². The van der Waals surface area contributed by atoms with Crippen molar-refractivity contribution in [2.75, 3.05) is 13.2 Å². The Bertz CT molecular complexity index is 253. The number of aliphatic hydroxyl groups is 1. The van der Waals surface area contributed by atoms with Gasteiger partial charge in [0.25, 0.3) is 0 Å². The molecule has 2 rings (SSSR count). The molecule has 5 nitrogen and oxygen atoms in total. The van der Waals surface area contributed by atoms with Crippen LogP contribution in [0.1, 0.15) is 6.42 Å². The van der Waals surface area contributed by atoms with Gasteiger partial charge in [0, 0.05) is 13.2 Å². The average Bonchev–Trinajstić information content (AvgIpc) is 2.43. The second-order valence-electron chi connectivity index (χ2n) is 2.59. The SMILES string of the molecule is O=C1OP2(=O)[C@@H]1N2CCCO. The standard InChI is InChI=1S/C5H8NO4P/c7-3-1-2-6-4-5(8)10-11(4,6)9/h4,7H,1-3H2/t4-,6?,11?/m0/s1. The van der Waals surface area contributed by atoms with E-state index in [1.807, 2.05) is 0 Å². The van der Waals surface area contributed by atoms with Gasteiger partial charge in [0.15, 0.2) is 0 Å². The van der Waals surface area contributed by atoms with E-state index in [0.29, 0.717) is 13.0 Å². The second kappa shape index (κ2) is 2.06. The molecule has 0 spiro atoms. The Morgan fingerprint density at radius 2 is 2.45 bits per heavy atom. The van der Waals surface area contributed by atoms with E-state index < -0.39 is 13.3 Å². The van der Waals surface area contributed by atoms with Gasteiger partial charge < -0.3 is 9.63 Å². The predicted octanol–water partition coefficient (Wildman–Crippen LogP) is -0.240. The molecule has 0 bridgehead atoms. The van der Waals surface area contributed by atoms with Crippen LogP contribution in [-0.4, -0.2) is 34.7 Å². The highest BCUT2D eigenvalue weighted by Gasteiger charge is 2.77. The van der Waals surface area contributed by atoms with Crippen LogP contribution < -0.4 is 0 Å². The lowest BCUT2D eigenvalue weighted by molar-refractivity contribution is -0.135. The Hall–Kier alpha value is -0.380. The minimum Gasteiger partial charge on any atom is -0.397 e. The van der Waals surface area contributed by atoms with Crippen LogP contribution in [0.4, 0.5) is 0 Å². The molecule has 0 aromatic carbocycles. The molecule has 0 radical (unpaired) electrons. The highest BCUT2D eigenvalue weighted by molar-refractivity contribution is 7.68. The van der Waals surface area contributed by atoms with Crippen LogP contribution in [0.3, 0.4) is 0 Å². The molecule has 11 heavy (non-hydrogen) atoms. The van der Waals surface area contributed by atoms with E-state index in [1.165, 1.54) is 4.67 Å². The number of nitrogens with zero attached hydrogens (tertiary/aromatic N) is 1. The summed E-state index contributed by atoms with van der Waals surface area (Å²) in [5, 5.41) is 8.44.